The number of hydrogen-bond acceptors (Lipinski definition) is 4. The Morgan fingerprint density at radius 3 is 2.75 bits per heavy atom. The van der Waals surface area contributed by atoms with E-state index < -0.39 is 4.92 Å². The van der Waals surface area contributed by atoms with Gasteiger partial charge in [-0.05, 0) is 6.07 Å². The molecule has 0 amide bonds. The van der Waals surface area contributed by atoms with Gasteiger partial charge in [-0.3, -0.25) is 10.1 Å². The number of nitrogens with zero attached hydrogens (tertiary/aromatic N) is 2. The maximum Gasteiger partial charge on any atom is 0.271 e. The van der Waals surface area contributed by atoms with Crippen molar-refractivity contribution in [3.63, 3.8) is 0 Å². The zero-order valence-electron chi connectivity index (χ0n) is 5.98. The lowest BCUT2D eigenvalue weighted by Gasteiger charge is -2.04. The van der Waals surface area contributed by atoms with Crippen molar-refractivity contribution in [1.29, 1.82) is 0 Å². The van der Waals surface area contributed by atoms with Crippen LogP contribution in [-0.4, -0.2) is 4.92 Å². The van der Waals surface area contributed by atoms with Gasteiger partial charge in [0.2, 0.25) is 0 Å². The molecule has 0 heterocycles. The van der Waals surface area contributed by atoms with E-state index in [1.165, 1.54) is 18.2 Å². The Hall–Kier alpha value is -1.69. The van der Waals surface area contributed by atoms with Crippen LogP contribution in [0.15, 0.2) is 24.3 Å². The fraction of sp³-hybridized carbons (Fsp3) is 0. The lowest BCUT2D eigenvalue weighted by molar-refractivity contribution is -0.384. The van der Waals surface area contributed by atoms with Crippen LogP contribution >= 0.6 is 0 Å². The number of nitro groups is 1. The van der Waals surface area contributed by atoms with E-state index in [4.69, 9.17) is 5.84 Å². The number of nitrogens with two attached hydrogens (primary N) is 1. The Kier molecular flexibility index (Phi) is 2.20. The summed E-state index contributed by atoms with van der Waals surface area (Å²) in [4.78, 5) is 9.58. The average Bonchev–Trinajstić information content (AvgIpc) is 2.04. The third-order valence-corrected chi connectivity index (χ3v) is 1.29. The molecule has 5 nitrogen and oxygen atoms in total. The minimum atomic E-state index is -0.618. The molecule has 0 fully saturated rings. The van der Waals surface area contributed by atoms with E-state index in [1.807, 2.05) is 0 Å². The Morgan fingerprint density at radius 2 is 2.25 bits per heavy atom. The third kappa shape index (κ3) is 1.67. The summed E-state index contributed by atoms with van der Waals surface area (Å²) in [6.07, 6.45) is 0. The quantitative estimate of drug-likeness (QED) is 0.313. The number of nitro benzene ring substituents is 1. The van der Waals surface area contributed by atoms with Gasteiger partial charge in [0.05, 0.1) is 10.6 Å². The minimum Gasteiger partial charge on any atom is -0.258 e. The van der Waals surface area contributed by atoms with Crippen molar-refractivity contribution in [3.8, 4) is 0 Å². The summed E-state index contributed by atoms with van der Waals surface area (Å²) >= 11 is 0. The fourth-order valence-corrected chi connectivity index (χ4v) is 0.739. The number of rotatable bonds is 2. The number of hydrogen-bond donors (Lipinski definition) is 1. The molecule has 0 atom stereocenters. The first-order valence-corrected chi connectivity index (χ1v) is 3.06. The highest BCUT2D eigenvalue weighted by Crippen LogP contribution is 2.18. The van der Waals surface area contributed by atoms with Crippen molar-refractivity contribution in [1.82, 2.24) is 0 Å². The van der Waals surface area contributed by atoms with Crippen molar-refractivity contribution in [2.45, 2.75) is 0 Å². The first-order valence-electron chi connectivity index (χ1n) is 3.06. The number of benzene rings is 1. The molecule has 0 aromatic heterocycles. The van der Waals surface area contributed by atoms with Gasteiger partial charge >= 0.3 is 0 Å². The Bertz CT molecular complexity index is 303. The van der Waals surface area contributed by atoms with Gasteiger partial charge in [-0.2, -0.15) is 0 Å². The highest BCUT2D eigenvalue weighted by atomic mass is 19.2. The van der Waals surface area contributed by atoms with E-state index in [9.17, 15) is 14.6 Å². The van der Waals surface area contributed by atoms with Crippen LogP contribution < -0.4 is 11.1 Å². The monoisotopic (exact) mass is 171 g/mol. The van der Waals surface area contributed by atoms with E-state index in [1.54, 1.807) is 0 Å². The molecule has 0 saturated heterocycles. The topological polar surface area (TPSA) is 72.4 Å². The molecule has 0 radical (unpaired) electrons. The lowest BCUT2D eigenvalue weighted by atomic mass is 10.3. The summed E-state index contributed by atoms with van der Waals surface area (Å²) in [5.74, 6) is 4.73. The summed E-state index contributed by atoms with van der Waals surface area (Å²) in [5, 5.41) is 10.0. The Balaban J connectivity index is 3.04. The molecule has 0 aliphatic rings. The summed E-state index contributed by atoms with van der Waals surface area (Å²) in [5.41, 5.74) is -0.246. The van der Waals surface area contributed by atoms with Crippen molar-refractivity contribution in [2.75, 3.05) is 5.23 Å². The van der Waals surface area contributed by atoms with Gasteiger partial charge in [0.1, 0.15) is 0 Å². The fourth-order valence-electron chi connectivity index (χ4n) is 0.739. The molecule has 0 saturated carbocycles. The largest absolute Gasteiger partial charge is 0.271 e. The van der Waals surface area contributed by atoms with Crippen LogP contribution in [0.1, 0.15) is 0 Å². The molecule has 1 rings (SSSR count). The van der Waals surface area contributed by atoms with Crippen molar-refractivity contribution in [3.05, 3.63) is 34.4 Å². The first kappa shape index (κ1) is 8.41. The SMILES string of the molecule is NN(F)c1cccc([N+](=O)[O-])c1. The van der Waals surface area contributed by atoms with Gasteiger partial charge < -0.3 is 0 Å². The van der Waals surface area contributed by atoms with Crippen molar-refractivity contribution >= 4 is 11.4 Å². The smallest absolute Gasteiger partial charge is 0.258 e. The van der Waals surface area contributed by atoms with Gasteiger partial charge in [0.25, 0.3) is 5.69 Å². The number of non-ortho nitro benzene ring substituents is 1. The molecule has 12 heavy (non-hydrogen) atoms. The summed E-state index contributed by atoms with van der Waals surface area (Å²) < 4.78 is 12.3. The molecular formula is C6H6FN3O2. The van der Waals surface area contributed by atoms with Gasteiger partial charge in [-0.25, -0.2) is 5.84 Å². The van der Waals surface area contributed by atoms with Crippen LogP contribution in [-0.2, 0) is 0 Å². The van der Waals surface area contributed by atoms with Crippen LogP contribution in [0.2, 0.25) is 0 Å². The molecule has 0 aliphatic heterocycles. The van der Waals surface area contributed by atoms with Gasteiger partial charge in [0.15, 0.2) is 0 Å². The van der Waals surface area contributed by atoms with Crippen molar-refractivity contribution < 1.29 is 9.40 Å². The maximum absolute atomic E-state index is 12.3. The average molecular weight is 171 g/mol. The van der Waals surface area contributed by atoms with Crippen LogP contribution in [0.25, 0.3) is 0 Å². The van der Waals surface area contributed by atoms with Gasteiger partial charge in [-0.15, -0.1) is 5.23 Å². The standard InChI is InChI=1S/C6H6FN3O2/c7-9(8)5-2-1-3-6(4-5)10(11)12/h1-4H,8H2. The number of hydrazine groups is 1. The van der Waals surface area contributed by atoms with E-state index in [-0.39, 0.29) is 16.6 Å². The molecular weight excluding hydrogens is 165 g/mol. The molecule has 1 aromatic carbocycles. The van der Waals surface area contributed by atoms with Crippen molar-refractivity contribution in [2.24, 2.45) is 5.84 Å². The summed E-state index contributed by atoms with van der Waals surface area (Å²) in [7, 11) is 0. The highest BCUT2D eigenvalue weighted by molar-refractivity contribution is 5.50. The summed E-state index contributed by atoms with van der Waals surface area (Å²) in [6, 6.07) is 4.98. The Labute approximate surface area is 67.3 Å². The van der Waals surface area contributed by atoms with Gasteiger partial charge in [0, 0.05) is 12.1 Å². The number of halogens is 1. The second-order valence-corrected chi connectivity index (χ2v) is 2.09. The predicted octanol–water partition coefficient (Wildman–Crippen LogP) is 1.16. The number of anilines is 1. The van der Waals surface area contributed by atoms with E-state index in [0.29, 0.717) is 0 Å². The zero-order valence-corrected chi connectivity index (χ0v) is 5.98. The van der Waals surface area contributed by atoms with Crippen LogP contribution in [0.3, 0.4) is 0 Å². The van der Waals surface area contributed by atoms with Crippen LogP contribution in [0, 0.1) is 10.1 Å². The van der Waals surface area contributed by atoms with E-state index >= 15 is 0 Å². The van der Waals surface area contributed by atoms with E-state index in [0.717, 1.165) is 6.07 Å². The second-order valence-electron chi connectivity index (χ2n) is 2.09. The third-order valence-electron chi connectivity index (χ3n) is 1.29. The maximum atomic E-state index is 12.3. The Morgan fingerprint density at radius 1 is 1.58 bits per heavy atom. The molecule has 1 aromatic rings. The molecule has 2 N–H and O–H groups in total. The summed E-state index contributed by atoms with van der Waals surface area (Å²) in [6.45, 7) is 0. The van der Waals surface area contributed by atoms with Crippen LogP contribution in [0.5, 0.6) is 0 Å². The predicted molar refractivity (Wildman–Crippen MR) is 40.9 cm³/mol. The lowest BCUT2D eigenvalue weighted by Crippen LogP contribution is -2.19. The zero-order chi connectivity index (χ0) is 9.14. The molecule has 0 unspecified atom stereocenters. The highest BCUT2D eigenvalue weighted by Gasteiger charge is 2.07. The van der Waals surface area contributed by atoms with E-state index in [2.05, 4.69) is 0 Å². The van der Waals surface area contributed by atoms with Crippen LogP contribution in [0.4, 0.5) is 15.9 Å². The molecule has 0 bridgehead atoms. The normalized spacial score (nSPS) is 9.50. The van der Waals surface area contributed by atoms with Gasteiger partial charge in [-0.1, -0.05) is 10.5 Å². The second kappa shape index (κ2) is 3.14. The molecule has 64 valence electrons. The molecule has 0 spiro atoms. The first-order chi connectivity index (χ1) is 5.61. The molecule has 6 heteroatoms. The minimum absolute atomic E-state index is 0.0517. The molecule has 0 aliphatic carbocycles.